The zero-order chi connectivity index (χ0) is 30.7. The van der Waals surface area contributed by atoms with Crippen LogP contribution in [0.4, 0.5) is 8.78 Å². The minimum absolute atomic E-state index is 0.00303. The van der Waals surface area contributed by atoms with E-state index < -0.39 is 41.3 Å². The third kappa shape index (κ3) is 8.44. The van der Waals surface area contributed by atoms with E-state index in [-0.39, 0.29) is 33.1 Å². The molecule has 1 fully saturated rings. The summed E-state index contributed by atoms with van der Waals surface area (Å²) in [6.07, 6.45) is 4.21. The number of likely N-dealkylation sites (tertiary alicyclic amines) is 1. The van der Waals surface area contributed by atoms with Crippen LogP contribution in [0.3, 0.4) is 0 Å². The van der Waals surface area contributed by atoms with Crippen LogP contribution in [0, 0.1) is 17.6 Å². The number of nitrogens with one attached hydrogen (secondary N) is 1. The lowest BCUT2D eigenvalue weighted by Crippen LogP contribution is -2.39. The number of hydrogen-bond donors (Lipinski definition) is 1. The molecule has 1 aliphatic heterocycles. The molecule has 0 aromatic heterocycles. The van der Waals surface area contributed by atoms with Crippen molar-refractivity contribution in [2.24, 2.45) is 5.92 Å². The number of sulfonamides is 1. The van der Waals surface area contributed by atoms with Crippen LogP contribution in [0.15, 0.2) is 81.4 Å². The first-order chi connectivity index (χ1) is 19.6. The third-order valence-corrected chi connectivity index (χ3v) is 11.3. The van der Waals surface area contributed by atoms with Gasteiger partial charge in [0.05, 0.1) is 14.7 Å². The lowest BCUT2D eigenvalue weighted by molar-refractivity contribution is 0.182. The molecule has 4 rings (SSSR count). The highest BCUT2D eigenvalue weighted by Crippen LogP contribution is 2.31. The highest BCUT2D eigenvalue weighted by atomic mass is 32.2. The third-order valence-electron chi connectivity index (χ3n) is 7.56. The quantitative estimate of drug-likeness (QED) is 0.337. The van der Waals surface area contributed by atoms with Crippen LogP contribution in [0.5, 0.6) is 0 Å². The van der Waals surface area contributed by atoms with Crippen molar-refractivity contribution < 1.29 is 34.0 Å². The van der Waals surface area contributed by atoms with E-state index in [1.54, 1.807) is 12.1 Å². The maximum atomic E-state index is 14.1. The van der Waals surface area contributed by atoms with Crippen molar-refractivity contribution in [2.45, 2.75) is 39.9 Å². The minimum atomic E-state index is -3.79. The van der Waals surface area contributed by atoms with Gasteiger partial charge in [-0.25, -0.2) is 38.8 Å². The predicted molar refractivity (Wildman–Crippen MR) is 156 cm³/mol. The van der Waals surface area contributed by atoms with Gasteiger partial charge >= 0.3 is 0 Å². The van der Waals surface area contributed by atoms with Gasteiger partial charge < -0.3 is 4.90 Å². The van der Waals surface area contributed by atoms with Crippen LogP contribution >= 0.6 is 0 Å². The van der Waals surface area contributed by atoms with Gasteiger partial charge in [-0.15, -0.1) is 0 Å². The molecule has 0 spiro atoms. The molecule has 1 atom stereocenters. The fourth-order valence-corrected chi connectivity index (χ4v) is 7.53. The van der Waals surface area contributed by atoms with Gasteiger partial charge in [0, 0.05) is 31.0 Å². The van der Waals surface area contributed by atoms with Gasteiger partial charge in [-0.2, -0.15) is 0 Å². The van der Waals surface area contributed by atoms with Gasteiger partial charge in [-0.1, -0.05) is 12.1 Å². The first kappa shape index (κ1) is 32.2. The topological polar surface area (TPSA) is 118 Å². The number of rotatable bonds is 11. The van der Waals surface area contributed by atoms with Crippen molar-refractivity contribution in [3.63, 3.8) is 0 Å². The summed E-state index contributed by atoms with van der Waals surface area (Å²) in [5.74, 6) is -1.61. The van der Waals surface area contributed by atoms with Crippen LogP contribution in [0.1, 0.15) is 36.3 Å². The normalized spacial score (nSPS) is 16.4. The Morgan fingerprint density at radius 2 is 1.21 bits per heavy atom. The zero-order valence-corrected chi connectivity index (χ0v) is 25.8. The Morgan fingerprint density at radius 3 is 1.71 bits per heavy atom. The highest BCUT2D eigenvalue weighted by Gasteiger charge is 2.24. The molecule has 0 aliphatic carbocycles. The van der Waals surface area contributed by atoms with E-state index >= 15 is 0 Å². The number of halogens is 2. The largest absolute Gasteiger partial charge is 0.303 e. The molecule has 0 radical (unpaired) electrons. The molecule has 0 bridgehead atoms. The van der Waals surface area contributed by atoms with E-state index in [4.69, 9.17) is 0 Å². The fraction of sp³-hybridized carbons (Fsp3) is 0.379. The number of piperidine rings is 1. The second-order valence-corrected chi connectivity index (χ2v) is 16.6. The predicted octanol–water partition coefficient (Wildman–Crippen LogP) is 3.98. The van der Waals surface area contributed by atoms with E-state index in [1.807, 2.05) is 0 Å². The van der Waals surface area contributed by atoms with Gasteiger partial charge in [0.1, 0.15) is 11.6 Å². The lowest BCUT2D eigenvalue weighted by atomic mass is 9.87. The average Bonchev–Trinajstić information content (AvgIpc) is 2.92. The molecule has 0 amide bonds. The lowest BCUT2D eigenvalue weighted by Gasteiger charge is -2.33. The van der Waals surface area contributed by atoms with Crippen LogP contribution < -0.4 is 4.72 Å². The van der Waals surface area contributed by atoms with Crippen molar-refractivity contribution in [3.8, 4) is 0 Å². The number of nitrogens with zero attached hydrogens (tertiary/aromatic N) is 1. The molecule has 3 aromatic rings. The van der Waals surface area contributed by atoms with Gasteiger partial charge in [-0.3, -0.25) is 0 Å². The molecule has 1 saturated heterocycles. The van der Waals surface area contributed by atoms with Gasteiger partial charge in [0.15, 0.2) is 19.7 Å². The summed E-state index contributed by atoms with van der Waals surface area (Å²) in [6, 6.07) is 14.9. The summed E-state index contributed by atoms with van der Waals surface area (Å²) in [5, 5.41) is 0. The van der Waals surface area contributed by atoms with Crippen LogP contribution in [0.25, 0.3) is 0 Å². The number of hydrogen-bond acceptors (Lipinski definition) is 7. The fourth-order valence-electron chi connectivity index (χ4n) is 5.15. The second kappa shape index (κ2) is 12.9. The standard InChI is InChI=1S/C29H34F2N2O6S3/c1-40(34,35)26-5-3-22(4-6-26)29(23-17-24(30)19-25(31)18-23)13-16-33-14-11-21(12-15-33)20-32-42(38,39)28-9-7-27(8-10-28)41(2,36)37/h3-10,17-19,21,29,32H,11-16,20H2,1-2H3/t29-/m1/s1. The van der Waals surface area contributed by atoms with Gasteiger partial charge in [-0.05, 0) is 104 Å². The SMILES string of the molecule is CS(=O)(=O)c1ccc([C@@H](CCN2CCC(CNS(=O)(=O)c3ccc(S(C)(=O)=O)cc3)CC2)c2cc(F)cc(F)c2)cc1. The molecule has 1 heterocycles. The Morgan fingerprint density at radius 1 is 0.738 bits per heavy atom. The molecule has 8 nitrogen and oxygen atoms in total. The zero-order valence-electron chi connectivity index (χ0n) is 23.3. The summed E-state index contributed by atoms with van der Waals surface area (Å²) in [6.45, 7) is 2.31. The molecule has 1 aliphatic rings. The Kier molecular flexibility index (Phi) is 9.88. The second-order valence-electron chi connectivity index (χ2n) is 10.8. The van der Waals surface area contributed by atoms with E-state index in [9.17, 15) is 34.0 Å². The number of benzene rings is 3. The summed E-state index contributed by atoms with van der Waals surface area (Å²) >= 11 is 0. The molecule has 0 unspecified atom stereocenters. The molecule has 1 N–H and O–H groups in total. The molecule has 3 aromatic carbocycles. The van der Waals surface area contributed by atoms with Crippen molar-refractivity contribution in [1.82, 2.24) is 9.62 Å². The summed E-state index contributed by atoms with van der Waals surface area (Å²) in [5.41, 5.74) is 1.22. The molecule has 228 valence electrons. The summed E-state index contributed by atoms with van der Waals surface area (Å²) in [4.78, 5) is 2.43. The Labute approximate surface area is 246 Å². The molecule has 42 heavy (non-hydrogen) atoms. The average molecular weight is 641 g/mol. The van der Waals surface area contributed by atoms with Crippen molar-refractivity contribution >= 4 is 29.7 Å². The van der Waals surface area contributed by atoms with Gasteiger partial charge in [0.2, 0.25) is 10.0 Å². The molecule has 0 saturated carbocycles. The summed E-state index contributed by atoms with van der Waals surface area (Å²) < 4.78 is 103. The molecule has 13 heteroatoms. The summed E-state index contributed by atoms with van der Waals surface area (Å²) in [7, 11) is -10.6. The van der Waals surface area contributed by atoms with Crippen molar-refractivity contribution in [3.05, 3.63) is 89.5 Å². The monoisotopic (exact) mass is 640 g/mol. The van der Waals surface area contributed by atoms with E-state index in [1.165, 1.54) is 48.5 Å². The van der Waals surface area contributed by atoms with Crippen LogP contribution in [0.2, 0.25) is 0 Å². The van der Waals surface area contributed by atoms with E-state index in [0.717, 1.165) is 37.0 Å². The molecular formula is C29H34F2N2O6S3. The Hall–Kier alpha value is -2.71. The van der Waals surface area contributed by atoms with Gasteiger partial charge in [0.25, 0.3) is 0 Å². The van der Waals surface area contributed by atoms with Crippen molar-refractivity contribution in [1.29, 1.82) is 0 Å². The minimum Gasteiger partial charge on any atom is -0.303 e. The number of sulfone groups is 2. The first-order valence-corrected chi connectivity index (χ1v) is 18.7. The van der Waals surface area contributed by atoms with E-state index in [0.29, 0.717) is 31.6 Å². The maximum Gasteiger partial charge on any atom is 0.240 e. The van der Waals surface area contributed by atoms with E-state index in [2.05, 4.69) is 9.62 Å². The Balaban J connectivity index is 1.36. The van der Waals surface area contributed by atoms with Crippen molar-refractivity contribution in [2.75, 3.05) is 38.7 Å². The first-order valence-electron chi connectivity index (χ1n) is 13.4. The Bertz CT molecular complexity index is 1700. The maximum absolute atomic E-state index is 14.1. The molecular weight excluding hydrogens is 607 g/mol. The highest BCUT2D eigenvalue weighted by molar-refractivity contribution is 7.91. The van der Waals surface area contributed by atoms with Crippen LogP contribution in [-0.2, 0) is 29.7 Å². The van der Waals surface area contributed by atoms with Crippen LogP contribution in [-0.4, -0.2) is 68.8 Å². The smallest absolute Gasteiger partial charge is 0.240 e.